The summed E-state index contributed by atoms with van der Waals surface area (Å²) in [5, 5.41) is 12.1. The maximum absolute atomic E-state index is 12.8. The summed E-state index contributed by atoms with van der Waals surface area (Å²) in [6.07, 6.45) is 1.24. The first kappa shape index (κ1) is 19.1. The van der Waals surface area contributed by atoms with E-state index in [1.165, 1.54) is 0 Å². The third-order valence-electron chi connectivity index (χ3n) is 6.34. The summed E-state index contributed by atoms with van der Waals surface area (Å²) in [5.41, 5.74) is 8.40. The van der Waals surface area contributed by atoms with E-state index in [4.69, 9.17) is 10.5 Å². The van der Waals surface area contributed by atoms with Crippen LogP contribution in [0.5, 0.6) is 5.75 Å². The van der Waals surface area contributed by atoms with Crippen molar-refractivity contribution in [1.82, 2.24) is 14.5 Å². The standard InChI is InChI=1S/C23H20FN5O2/c1-29-18-6-5-13(31-12-24)9-14(18)20-16(3-2-4-19(20)29)23(11-25)8-7-17-15(10-23)21(30)28-22(26)27-17/h2-6,9H,7-8,10,12H2,1H3,(H3,26,27,28,30). The molecule has 1 unspecified atom stereocenters. The Morgan fingerprint density at radius 1 is 1.35 bits per heavy atom. The molecule has 5 rings (SSSR count). The largest absolute Gasteiger partial charge is 0.463 e. The maximum atomic E-state index is 12.8. The van der Waals surface area contributed by atoms with Gasteiger partial charge in [0.25, 0.3) is 5.56 Å². The summed E-state index contributed by atoms with van der Waals surface area (Å²) < 4.78 is 19.9. The molecular weight excluding hydrogens is 397 g/mol. The second-order valence-corrected chi connectivity index (χ2v) is 7.94. The van der Waals surface area contributed by atoms with E-state index in [9.17, 15) is 14.4 Å². The molecule has 1 aliphatic rings. The maximum Gasteiger partial charge on any atom is 0.255 e. The number of halogens is 1. The van der Waals surface area contributed by atoms with Crippen LogP contribution in [0, 0.1) is 11.3 Å². The molecule has 0 spiro atoms. The van der Waals surface area contributed by atoms with Crippen molar-refractivity contribution in [3.63, 3.8) is 0 Å². The molecule has 0 aliphatic heterocycles. The van der Waals surface area contributed by atoms with Crippen molar-refractivity contribution in [2.24, 2.45) is 7.05 Å². The molecule has 0 radical (unpaired) electrons. The van der Waals surface area contributed by atoms with E-state index in [1.54, 1.807) is 12.1 Å². The van der Waals surface area contributed by atoms with Gasteiger partial charge >= 0.3 is 0 Å². The second kappa shape index (κ2) is 6.84. The molecule has 1 aliphatic carbocycles. The number of hydrogen-bond donors (Lipinski definition) is 2. The summed E-state index contributed by atoms with van der Waals surface area (Å²) in [6, 6.07) is 13.8. The fraction of sp³-hybridized carbons (Fsp3) is 0.261. The molecule has 1 atom stereocenters. The smallest absolute Gasteiger partial charge is 0.255 e. The third kappa shape index (κ3) is 2.77. The Kier molecular flexibility index (Phi) is 4.22. The van der Waals surface area contributed by atoms with Crippen molar-refractivity contribution >= 4 is 27.8 Å². The lowest BCUT2D eigenvalue weighted by Gasteiger charge is -2.32. The molecule has 2 aromatic heterocycles. The summed E-state index contributed by atoms with van der Waals surface area (Å²) in [5.74, 6) is 0.512. The fourth-order valence-electron chi connectivity index (χ4n) is 4.85. The first-order chi connectivity index (χ1) is 15.0. The zero-order valence-electron chi connectivity index (χ0n) is 16.9. The zero-order valence-corrected chi connectivity index (χ0v) is 16.9. The molecule has 7 nitrogen and oxygen atoms in total. The van der Waals surface area contributed by atoms with Gasteiger partial charge in [0.05, 0.1) is 17.2 Å². The predicted octanol–water partition coefficient (Wildman–Crippen LogP) is 3.25. The number of anilines is 1. The molecule has 0 fully saturated rings. The van der Waals surface area contributed by atoms with Gasteiger partial charge in [-0.05, 0) is 42.7 Å². The van der Waals surface area contributed by atoms with Crippen molar-refractivity contribution in [3.05, 3.63) is 63.6 Å². The van der Waals surface area contributed by atoms with E-state index in [1.807, 2.05) is 35.9 Å². The highest BCUT2D eigenvalue weighted by molar-refractivity contribution is 6.10. The van der Waals surface area contributed by atoms with Crippen LogP contribution in [0.25, 0.3) is 21.8 Å². The highest BCUT2D eigenvalue weighted by atomic mass is 19.1. The minimum atomic E-state index is -0.916. The number of hydrogen-bond acceptors (Lipinski definition) is 5. The van der Waals surface area contributed by atoms with Crippen molar-refractivity contribution in [3.8, 4) is 11.8 Å². The van der Waals surface area contributed by atoms with Gasteiger partial charge in [0.15, 0.2) is 0 Å². The Balaban J connectivity index is 1.78. The first-order valence-corrected chi connectivity index (χ1v) is 9.96. The van der Waals surface area contributed by atoms with Crippen LogP contribution in [-0.4, -0.2) is 21.4 Å². The van der Waals surface area contributed by atoms with Gasteiger partial charge < -0.3 is 15.0 Å². The quantitative estimate of drug-likeness (QED) is 0.532. The Morgan fingerprint density at radius 3 is 2.97 bits per heavy atom. The Labute approximate surface area is 176 Å². The predicted molar refractivity (Wildman–Crippen MR) is 116 cm³/mol. The third-order valence-corrected chi connectivity index (χ3v) is 6.34. The highest BCUT2D eigenvalue weighted by Gasteiger charge is 2.40. The number of aryl methyl sites for hydroxylation is 2. The number of rotatable bonds is 3. The summed E-state index contributed by atoms with van der Waals surface area (Å²) in [6.45, 7) is -0.916. The highest BCUT2D eigenvalue weighted by Crippen LogP contribution is 2.43. The van der Waals surface area contributed by atoms with E-state index in [0.717, 1.165) is 27.4 Å². The Bertz CT molecular complexity index is 1450. The lowest BCUT2D eigenvalue weighted by Crippen LogP contribution is -2.36. The van der Waals surface area contributed by atoms with Crippen LogP contribution in [0.4, 0.5) is 10.3 Å². The minimum Gasteiger partial charge on any atom is -0.463 e. The zero-order chi connectivity index (χ0) is 21.8. The van der Waals surface area contributed by atoms with Crippen LogP contribution in [0.3, 0.4) is 0 Å². The van der Waals surface area contributed by atoms with Crippen molar-refractivity contribution < 1.29 is 9.13 Å². The van der Waals surface area contributed by atoms with Crippen LogP contribution in [0.15, 0.2) is 41.2 Å². The number of benzene rings is 2. The fourth-order valence-corrected chi connectivity index (χ4v) is 4.85. The molecule has 2 aromatic carbocycles. The summed E-state index contributed by atoms with van der Waals surface area (Å²) in [4.78, 5) is 19.4. The average molecular weight is 417 g/mol. The van der Waals surface area contributed by atoms with Crippen LogP contribution in [-0.2, 0) is 25.3 Å². The SMILES string of the molecule is Cn1c2ccc(OCF)cc2c2c(C3(C#N)CCc4nc(N)[nH]c(=O)c4C3)cccc21. The van der Waals surface area contributed by atoms with Crippen molar-refractivity contribution in [1.29, 1.82) is 5.26 Å². The molecule has 4 aromatic rings. The van der Waals surface area contributed by atoms with Crippen LogP contribution in [0.2, 0.25) is 0 Å². The number of H-pyrrole nitrogens is 1. The number of nitrogens with two attached hydrogens (primary N) is 1. The normalized spacial score (nSPS) is 18.1. The van der Waals surface area contributed by atoms with Gasteiger partial charge in [-0.1, -0.05) is 12.1 Å². The van der Waals surface area contributed by atoms with Crippen LogP contribution in [0.1, 0.15) is 23.2 Å². The molecule has 0 amide bonds. The Hall–Kier alpha value is -3.86. The van der Waals surface area contributed by atoms with Gasteiger partial charge in [-0.2, -0.15) is 5.26 Å². The number of nitrogen functional groups attached to an aromatic ring is 1. The van der Waals surface area contributed by atoms with Crippen LogP contribution >= 0.6 is 0 Å². The number of aromatic amines is 1. The van der Waals surface area contributed by atoms with E-state index < -0.39 is 12.3 Å². The Morgan fingerprint density at radius 2 is 2.19 bits per heavy atom. The molecule has 8 heteroatoms. The van der Waals surface area contributed by atoms with Gasteiger partial charge in [-0.15, -0.1) is 0 Å². The molecule has 31 heavy (non-hydrogen) atoms. The van der Waals surface area contributed by atoms with Gasteiger partial charge in [0, 0.05) is 40.8 Å². The van der Waals surface area contributed by atoms with E-state index in [0.29, 0.717) is 29.8 Å². The lowest BCUT2D eigenvalue weighted by atomic mass is 9.68. The summed E-state index contributed by atoms with van der Waals surface area (Å²) >= 11 is 0. The molecule has 2 heterocycles. The molecular formula is C23H20FN5O2. The van der Waals surface area contributed by atoms with E-state index >= 15 is 0 Å². The van der Waals surface area contributed by atoms with Crippen molar-refractivity contribution in [2.75, 3.05) is 12.6 Å². The lowest BCUT2D eigenvalue weighted by molar-refractivity contribution is 0.192. The molecule has 3 N–H and O–H groups in total. The number of nitrogens with one attached hydrogen (secondary N) is 1. The molecule has 0 bridgehead atoms. The van der Waals surface area contributed by atoms with E-state index in [-0.39, 0.29) is 17.9 Å². The molecule has 0 saturated carbocycles. The van der Waals surface area contributed by atoms with Gasteiger partial charge in [-0.3, -0.25) is 9.78 Å². The number of ether oxygens (including phenoxy) is 1. The number of fused-ring (bicyclic) bond motifs is 4. The van der Waals surface area contributed by atoms with Gasteiger partial charge in [-0.25, -0.2) is 9.37 Å². The minimum absolute atomic E-state index is 0.0877. The monoisotopic (exact) mass is 417 g/mol. The average Bonchev–Trinajstić information content (AvgIpc) is 3.06. The van der Waals surface area contributed by atoms with Gasteiger partial charge in [0.2, 0.25) is 12.8 Å². The first-order valence-electron chi connectivity index (χ1n) is 9.96. The van der Waals surface area contributed by atoms with Crippen LogP contribution < -0.4 is 16.0 Å². The number of aromatic nitrogens is 3. The number of nitrogens with zero attached hydrogens (tertiary/aromatic N) is 3. The second-order valence-electron chi connectivity index (χ2n) is 7.94. The number of alkyl halides is 1. The number of nitriles is 1. The van der Waals surface area contributed by atoms with Crippen molar-refractivity contribution in [2.45, 2.75) is 24.7 Å². The van der Waals surface area contributed by atoms with Gasteiger partial charge in [0.1, 0.15) is 5.75 Å². The molecule has 0 saturated heterocycles. The van der Waals surface area contributed by atoms with E-state index in [2.05, 4.69) is 16.0 Å². The molecule has 156 valence electrons. The summed E-state index contributed by atoms with van der Waals surface area (Å²) in [7, 11) is 1.96. The topological polar surface area (TPSA) is 110 Å².